The van der Waals surface area contributed by atoms with E-state index in [-0.39, 0.29) is 0 Å². The molecule has 2 aromatic heterocycles. The summed E-state index contributed by atoms with van der Waals surface area (Å²) in [5.41, 5.74) is 4.08. The number of H-pyrrole nitrogens is 1. The number of para-hydroxylation sites is 1. The monoisotopic (exact) mass is 261 g/mol. The molecule has 0 amide bonds. The van der Waals surface area contributed by atoms with E-state index in [9.17, 15) is 0 Å². The van der Waals surface area contributed by atoms with Gasteiger partial charge in [-0.05, 0) is 36.1 Å². The first kappa shape index (κ1) is 10.6. The van der Waals surface area contributed by atoms with Crippen molar-refractivity contribution in [2.75, 3.05) is 0 Å². The number of aromatic nitrogens is 1. The van der Waals surface area contributed by atoms with Gasteiger partial charge < -0.3 is 9.40 Å². The molecule has 0 spiro atoms. The second-order valence-corrected chi connectivity index (χ2v) is 5.88. The normalized spacial score (nSPS) is 27.1. The largest absolute Gasteiger partial charge is 0.469 e. The molecule has 0 aliphatic heterocycles. The Kier molecular flexibility index (Phi) is 1.93. The van der Waals surface area contributed by atoms with Crippen LogP contribution in [0.25, 0.3) is 10.9 Å². The third kappa shape index (κ3) is 1.24. The molecule has 2 bridgehead atoms. The molecule has 0 saturated carbocycles. The summed E-state index contributed by atoms with van der Waals surface area (Å²) < 4.78 is 5.75. The van der Waals surface area contributed by atoms with Crippen LogP contribution in [0.15, 0.2) is 59.2 Å². The van der Waals surface area contributed by atoms with Gasteiger partial charge in [-0.25, -0.2) is 0 Å². The third-order valence-corrected chi connectivity index (χ3v) is 4.85. The van der Waals surface area contributed by atoms with E-state index in [1.807, 2.05) is 6.07 Å². The van der Waals surface area contributed by atoms with Gasteiger partial charge in [0.1, 0.15) is 5.76 Å². The molecule has 2 aliphatic rings. The molecule has 3 atom stereocenters. The van der Waals surface area contributed by atoms with Gasteiger partial charge in [-0.2, -0.15) is 0 Å². The maximum absolute atomic E-state index is 5.75. The SMILES string of the molecule is C1=CC2CC1c1[nH]c3ccccc3c1C2c1ccco1. The average molecular weight is 261 g/mol. The number of furan rings is 1. The van der Waals surface area contributed by atoms with E-state index in [2.05, 4.69) is 47.5 Å². The number of benzene rings is 1. The van der Waals surface area contributed by atoms with Crippen molar-refractivity contribution in [1.82, 2.24) is 4.98 Å². The molecule has 3 aromatic rings. The fraction of sp³-hybridized carbons (Fsp3) is 0.222. The molecular weight excluding hydrogens is 246 g/mol. The van der Waals surface area contributed by atoms with E-state index >= 15 is 0 Å². The lowest BCUT2D eigenvalue weighted by Gasteiger charge is -2.28. The molecule has 1 aromatic carbocycles. The molecule has 5 rings (SSSR count). The number of fused-ring (bicyclic) bond motifs is 6. The third-order valence-electron chi connectivity index (χ3n) is 4.85. The fourth-order valence-corrected chi connectivity index (χ4v) is 4.04. The molecule has 2 heterocycles. The Bertz CT molecular complexity index is 809. The van der Waals surface area contributed by atoms with Crippen LogP contribution in [0.2, 0.25) is 0 Å². The van der Waals surface area contributed by atoms with E-state index in [0.717, 1.165) is 5.76 Å². The van der Waals surface area contributed by atoms with Crippen molar-refractivity contribution in [3.8, 4) is 0 Å². The van der Waals surface area contributed by atoms with E-state index < -0.39 is 0 Å². The Labute approximate surface area is 117 Å². The van der Waals surface area contributed by atoms with Gasteiger partial charge >= 0.3 is 0 Å². The van der Waals surface area contributed by atoms with E-state index in [1.54, 1.807) is 6.26 Å². The number of nitrogens with one attached hydrogen (secondary N) is 1. The first-order valence-electron chi connectivity index (χ1n) is 7.24. The zero-order valence-corrected chi connectivity index (χ0v) is 11.0. The van der Waals surface area contributed by atoms with Gasteiger partial charge in [-0.1, -0.05) is 30.4 Å². The van der Waals surface area contributed by atoms with Gasteiger partial charge in [-0.15, -0.1) is 0 Å². The molecule has 2 heteroatoms. The highest BCUT2D eigenvalue weighted by Gasteiger charge is 2.40. The molecular formula is C18H15NO. The van der Waals surface area contributed by atoms with Crippen LogP contribution in [-0.4, -0.2) is 4.98 Å². The molecule has 20 heavy (non-hydrogen) atoms. The topological polar surface area (TPSA) is 28.9 Å². The van der Waals surface area contributed by atoms with Gasteiger partial charge in [0, 0.05) is 22.5 Å². The minimum Gasteiger partial charge on any atom is -0.469 e. The summed E-state index contributed by atoms with van der Waals surface area (Å²) >= 11 is 0. The van der Waals surface area contributed by atoms with Crippen LogP contribution in [0.4, 0.5) is 0 Å². The standard InChI is InChI=1S/C18H15NO/c1-2-5-14-13(4-1)17-16(15-6-3-9-20-15)11-7-8-12(10-11)18(17)19-14/h1-9,11-12,16,19H,10H2. The van der Waals surface area contributed by atoms with Gasteiger partial charge in [0.05, 0.1) is 12.2 Å². The molecule has 1 N–H and O–H groups in total. The lowest BCUT2D eigenvalue weighted by atomic mass is 9.75. The zero-order valence-electron chi connectivity index (χ0n) is 11.0. The smallest absolute Gasteiger partial charge is 0.111 e. The van der Waals surface area contributed by atoms with E-state index in [4.69, 9.17) is 4.42 Å². The highest BCUT2D eigenvalue weighted by atomic mass is 16.3. The summed E-state index contributed by atoms with van der Waals surface area (Å²) in [6.07, 6.45) is 7.72. The number of hydrogen-bond acceptors (Lipinski definition) is 1. The molecule has 0 fully saturated rings. The Balaban J connectivity index is 1.85. The van der Waals surface area contributed by atoms with Crippen molar-refractivity contribution in [1.29, 1.82) is 0 Å². The van der Waals surface area contributed by atoms with Gasteiger partial charge in [0.2, 0.25) is 0 Å². The zero-order chi connectivity index (χ0) is 13.1. The molecule has 2 nitrogen and oxygen atoms in total. The lowest BCUT2D eigenvalue weighted by Crippen LogP contribution is -2.18. The molecule has 98 valence electrons. The minimum absolute atomic E-state index is 0.353. The van der Waals surface area contributed by atoms with Crippen molar-refractivity contribution in [3.63, 3.8) is 0 Å². The van der Waals surface area contributed by atoms with Crippen LogP contribution in [-0.2, 0) is 0 Å². The van der Waals surface area contributed by atoms with Crippen molar-refractivity contribution in [2.24, 2.45) is 5.92 Å². The maximum Gasteiger partial charge on any atom is 0.111 e. The van der Waals surface area contributed by atoms with Crippen LogP contribution < -0.4 is 0 Å². The number of allylic oxidation sites excluding steroid dienone is 2. The minimum atomic E-state index is 0.353. The lowest BCUT2D eigenvalue weighted by molar-refractivity contribution is 0.409. The molecule has 0 saturated heterocycles. The van der Waals surface area contributed by atoms with Gasteiger partial charge in [-0.3, -0.25) is 0 Å². The van der Waals surface area contributed by atoms with E-state index in [0.29, 0.717) is 17.8 Å². The Hall–Kier alpha value is -2.22. The summed E-state index contributed by atoms with van der Waals surface area (Å²) in [5.74, 6) is 2.56. The van der Waals surface area contributed by atoms with Crippen molar-refractivity contribution in [2.45, 2.75) is 18.3 Å². The highest BCUT2D eigenvalue weighted by molar-refractivity contribution is 5.86. The summed E-state index contributed by atoms with van der Waals surface area (Å²) in [7, 11) is 0. The second kappa shape index (κ2) is 3.66. The average Bonchev–Trinajstić information content (AvgIpc) is 3.20. The van der Waals surface area contributed by atoms with Crippen molar-refractivity contribution in [3.05, 3.63) is 71.8 Å². The van der Waals surface area contributed by atoms with Crippen LogP contribution in [0.1, 0.15) is 35.3 Å². The Morgan fingerprint density at radius 1 is 1.05 bits per heavy atom. The number of rotatable bonds is 1. The maximum atomic E-state index is 5.75. The van der Waals surface area contributed by atoms with Gasteiger partial charge in [0.15, 0.2) is 0 Å². The van der Waals surface area contributed by atoms with Crippen molar-refractivity contribution < 1.29 is 4.42 Å². The highest BCUT2D eigenvalue weighted by Crippen LogP contribution is 2.52. The van der Waals surface area contributed by atoms with Gasteiger partial charge in [0.25, 0.3) is 0 Å². The van der Waals surface area contributed by atoms with Crippen LogP contribution in [0, 0.1) is 5.92 Å². The van der Waals surface area contributed by atoms with Crippen LogP contribution >= 0.6 is 0 Å². The number of hydrogen-bond donors (Lipinski definition) is 1. The summed E-state index contributed by atoms with van der Waals surface area (Å²) in [5, 5.41) is 1.35. The number of aromatic amines is 1. The summed E-state index contributed by atoms with van der Waals surface area (Å²) in [6.45, 7) is 0. The van der Waals surface area contributed by atoms with E-state index in [1.165, 1.54) is 28.6 Å². The predicted molar refractivity (Wildman–Crippen MR) is 78.8 cm³/mol. The summed E-state index contributed by atoms with van der Waals surface area (Å²) in [6, 6.07) is 12.7. The second-order valence-electron chi connectivity index (χ2n) is 5.88. The Morgan fingerprint density at radius 2 is 2.00 bits per heavy atom. The summed E-state index contributed by atoms with van der Waals surface area (Å²) in [4.78, 5) is 3.64. The first-order valence-corrected chi connectivity index (χ1v) is 7.24. The molecule has 0 radical (unpaired) electrons. The fourth-order valence-electron chi connectivity index (χ4n) is 4.04. The molecule has 3 unspecified atom stereocenters. The molecule has 2 aliphatic carbocycles. The predicted octanol–water partition coefficient (Wildman–Crippen LogP) is 4.57. The Morgan fingerprint density at radius 3 is 2.90 bits per heavy atom. The quantitative estimate of drug-likeness (QED) is 0.639. The van der Waals surface area contributed by atoms with Crippen LogP contribution in [0.5, 0.6) is 0 Å². The first-order chi connectivity index (χ1) is 9.92. The van der Waals surface area contributed by atoms with Crippen LogP contribution in [0.3, 0.4) is 0 Å². The van der Waals surface area contributed by atoms with Crippen molar-refractivity contribution >= 4 is 10.9 Å².